The van der Waals surface area contributed by atoms with Crippen molar-refractivity contribution in [1.29, 1.82) is 0 Å². The first kappa shape index (κ1) is 25.4. The van der Waals surface area contributed by atoms with Crippen LogP contribution in [0.1, 0.15) is 21.5 Å². The maximum Gasteiger partial charge on any atom is 0.251 e. The molecule has 1 aliphatic heterocycles. The third-order valence-electron chi connectivity index (χ3n) is 5.98. The van der Waals surface area contributed by atoms with Crippen LogP contribution in [0.25, 0.3) is 0 Å². The molecule has 184 valence electrons. The second-order valence-corrected chi connectivity index (χ2v) is 11.7. The summed E-state index contributed by atoms with van der Waals surface area (Å²) in [7, 11) is -3.46. The van der Waals surface area contributed by atoms with E-state index < -0.39 is 10.0 Å². The van der Waals surface area contributed by atoms with Gasteiger partial charge in [0.15, 0.2) is 0 Å². The van der Waals surface area contributed by atoms with E-state index in [-0.39, 0.29) is 5.91 Å². The van der Waals surface area contributed by atoms with Crippen LogP contribution >= 0.6 is 11.8 Å². The van der Waals surface area contributed by atoms with Crippen LogP contribution in [0.5, 0.6) is 0 Å². The molecule has 0 radical (unpaired) electrons. The molecule has 4 rings (SSSR count). The van der Waals surface area contributed by atoms with Crippen LogP contribution in [0, 0.1) is 6.92 Å². The Morgan fingerprint density at radius 2 is 1.63 bits per heavy atom. The van der Waals surface area contributed by atoms with E-state index >= 15 is 0 Å². The van der Waals surface area contributed by atoms with Crippen LogP contribution in [0.15, 0.2) is 88.7 Å². The van der Waals surface area contributed by atoms with Gasteiger partial charge in [-0.3, -0.25) is 9.69 Å². The standard InChI is InChI=1S/C27H31N3O3S2/c1-22-10-12-25(13-11-22)34-19-14-28-27(31)24-7-5-6-23(20-24)21-29-15-17-30(18-16-29)35(32,33)26-8-3-2-4-9-26/h2-13,20H,14-19,21H2,1H3,(H,28,31). The fourth-order valence-electron chi connectivity index (χ4n) is 4.01. The molecule has 1 fully saturated rings. The van der Waals surface area contributed by atoms with Gasteiger partial charge in [-0.1, -0.05) is 48.0 Å². The molecule has 1 amide bonds. The monoisotopic (exact) mass is 509 g/mol. The average molecular weight is 510 g/mol. The minimum absolute atomic E-state index is 0.0740. The smallest absolute Gasteiger partial charge is 0.251 e. The zero-order valence-electron chi connectivity index (χ0n) is 19.9. The van der Waals surface area contributed by atoms with Crippen LogP contribution in [-0.4, -0.2) is 62.0 Å². The minimum atomic E-state index is -3.46. The summed E-state index contributed by atoms with van der Waals surface area (Å²) >= 11 is 1.72. The Morgan fingerprint density at radius 1 is 0.914 bits per heavy atom. The number of nitrogens with zero attached hydrogens (tertiary/aromatic N) is 2. The molecule has 0 saturated carbocycles. The summed E-state index contributed by atoms with van der Waals surface area (Å²) in [4.78, 5) is 16.4. The van der Waals surface area contributed by atoms with Crippen LogP contribution in [0.3, 0.4) is 0 Å². The lowest BCUT2D eigenvalue weighted by atomic mass is 10.1. The normalized spacial score (nSPS) is 15.1. The highest BCUT2D eigenvalue weighted by molar-refractivity contribution is 7.99. The maximum atomic E-state index is 12.8. The van der Waals surface area contributed by atoms with E-state index in [0.29, 0.717) is 49.7 Å². The van der Waals surface area contributed by atoms with E-state index in [1.165, 1.54) is 10.5 Å². The van der Waals surface area contributed by atoms with E-state index in [1.807, 2.05) is 30.3 Å². The molecule has 8 heteroatoms. The van der Waals surface area contributed by atoms with Crippen molar-refractivity contribution in [3.05, 3.63) is 95.6 Å². The zero-order chi connectivity index (χ0) is 24.7. The van der Waals surface area contributed by atoms with E-state index in [9.17, 15) is 13.2 Å². The Balaban J connectivity index is 1.24. The number of aryl methyl sites for hydroxylation is 1. The van der Waals surface area contributed by atoms with Crippen molar-refractivity contribution in [3.8, 4) is 0 Å². The summed E-state index contributed by atoms with van der Waals surface area (Å²) in [5, 5.41) is 3.00. The number of carbonyl (C=O) groups excluding carboxylic acids is 1. The number of piperazine rings is 1. The second-order valence-electron chi connectivity index (χ2n) is 8.61. The van der Waals surface area contributed by atoms with Crippen molar-refractivity contribution < 1.29 is 13.2 Å². The number of sulfonamides is 1. The van der Waals surface area contributed by atoms with Crippen LogP contribution < -0.4 is 5.32 Å². The van der Waals surface area contributed by atoms with Gasteiger partial charge in [0, 0.05) is 55.5 Å². The number of hydrogen-bond donors (Lipinski definition) is 1. The van der Waals surface area contributed by atoms with Gasteiger partial charge in [-0.05, 0) is 48.9 Å². The summed E-state index contributed by atoms with van der Waals surface area (Å²) in [6.45, 7) is 5.56. The fourth-order valence-corrected chi connectivity index (χ4v) is 6.22. The Hall–Kier alpha value is -2.65. The SMILES string of the molecule is Cc1ccc(SCCNC(=O)c2cccc(CN3CCN(S(=O)(=O)c4ccccc4)CC3)c2)cc1. The van der Waals surface area contributed by atoms with Gasteiger partial charge in [-0.2, -0.15) is 4.31 Å². The number of thioether (sulfide) groups is 1. The van der Waals surface area contributed by atoms with Crippen molar-refractivity contribution in [1.82, 2.24) is 14.5 Å². The first-order chi connectivity index (χ1) is 16.9. The number of amides is 1. The maximum absolute atomic E-state index is 12.8. The molecule has 0 bridgehead atoms. The van der Waals surface area contributed by atoms with Gasteiger partial charge >= 0.3 is 0 Å². The molecule has 1 heterocycles. The summed E-state index contributed by atoms with van der Waals surface area (Å²) in [5.74, 6) is 0.736. The Bertz CT molecular complexity index is 1220. The third-order valence-corrected chi connectivity index (χ3v) is 8.91. The third kappa shape index (κ3) is 6.95. The van der Waals surface area contributed by atoms with E-state index in [2.05, 4.69) is 41.4 Å². The molecule has 3 aromatic rings. The molecule has 1 aliphatic rings. The molecule has 1 N–H and O–H groups in total. The molecule has 0 atom stereocenters. The summed E-state index contributed by atoms with van der Waals surface area (Å²) in [6, 6.07) is 24.6. The molecular weight excluding hydrogens is 478 g/mol. The number of nitrogens with one attached hydrogen (secondary N) is 1. The highest BCUT2D eigenvalue weighted by Gasteiger charge is 2.28. The molecule has 0 aromatic heterocycles. The largest absolute Gasteiger partial charge is 0.351 e. The fraction of sp³-hybridized carbons (Fsp3) is 0.296. The molecule has 35 heavy (non-hydrogen) atoms. The van der Waals surface area contributed by atoms with Gasteiger partial charge in [0.05, 0.1) is 4.90 Å². The van der Waals surface area contributed by atoms with Crippen molar-refractivity contribution in [3.63, 3.8) is 0 Å². The molecule has 0 unspecified atom stereocenters. The predicted molar refractivity (Wildman–Crippen MR) is 141 cm³/mol. The number of rotatable bonds is 9. The van der Waals surface area contributed by atoms with Crippen LogP contribution in [0.2, 0.25) is 0 Å². The average Bonchev–Trinajstić information content (AvgIpc) is 2.88. The molecule has 3 aromatic carbocycles. The van der Waals surface area contributed by atoms with E-state index in [4.69, 9.17) is 0 Å². The van der Waals surface area contributed by atoms with E-state index in [1.54, 1.807) is 40.3 Å². The van der Waals surface area contributed by atoms with Gasteiger partial charge in [-0.25, -0.2) is 8.42 Å². The first-order valence-electron chi connectivity index (χ1n) is 11.8. The highest BCUT2D eigenvalue weighted by Crippen LogP contribution is 2.19. The van der Waals surface area contributed by atoms with Crippen LogP contribution in [-0.2, 0) is 16.6 Å². The predicted octanol–water partition coefficient (Wildman–Crippen LogP) is 4.02. The Morgan fingerprint density at radius 3 is 2.34 bits per heavy atom. The number of carbonyl (C=O) groups is 1. The lowest BCUT2D eigenvalue weighted by molar-refractivity contribution is 0.0956. The molecule has 6 nitrogen and oxygen atoms in total. The summed E-state index contributed by atoms with van der Waals surface area (Å²) in [6.07, 6.45) is 0. The molecular formula is C27H31N3O3S2. The quantitative estimate of drug-likeness (QED) is 0.349. The highest BCUT2D eigenvalue weighted by atomic mass is 32.2. The first-order valence-corrected chi connectivity index (χ1v) is 14.2. The van der Waals surface area contributed by atoms with Crippen LogP contribution in [0.4, 0.5) is 0 Å². The molecule has 0 aliphatic carbocycles. The second kappa shape index (κ2) is 11.9. The lowest BCUT2D eigenvalue weighted by Crippen LogP contribution is -2.48. The van der Waals surface area contributed by atoms with Gasteiger partial charge in [0.25, 0.3) is 5.91 Å². The molecule has 1 saturated heterocycles. The number of benzene rings is 3. The van der Waals surface area contributed by atoms with Crippen molar-refractivity contribution >= 4 is 27.7 Å². The van der Waals surface area contributed by atoms with Crippen molar-refractivity contribution in [2.75, 3.05) is 38.5 Å². The molecule has 0 spiro atoms. The minimum Gasteiger partial charge on any atom is -0.351 e. The zero-order valence-corrected chi connectivity index (χ0v) is 21.5. The van der Waals surface area contributed by atoms with Gasteiger partial charge < -0.3 is 5.32 Å². The summed E-state index contributed by atoms with van der Waals surface area (Å²) in [5.41, 5.74) is 2.93. The van der Waals surface area contributed by atoms with Crippen molar-refractivity contribution in [2.24, 2.45) is 0 Å². The number of hydrogen-bond acceptors (Lipinski definition) is 5. The Kier molecular flexibility index (Phi) is 8.62. The van der Waals surface area contributed by atoms with Gasteiger partial charge in [0.2, 0.25) is 10.0 Å². The van der Waals surface area contributed by atoms with Crippen molar-refractivity contribution in [2.45, 2.75) is 23.3 Å². The Labute approximate surface area is 212 Å². The topological polar surface area (TPSA) is 69.7 Å². The van der Waals surface area contributed by atoms with Gasteiger partial charge in [-0.15, -0.1) is 11.8 Å². The summed E-state index contributed by atoms with van der Waals surface area (Å²) < 4.78 is 27.2. The lowest BCUT2D eigenvalue weighted by Gasteiger charge is -2.34. The van der Waals surface area contributed by atoms with Gasteiger partial charge in [0.1, 0.15) is 0 Å². The van der Waals surface area contributed by atoms with E-state index in [0.717, 1.165) is 11.3 Å².